The van der Waals surface area contributed by atoms with Crippen LogP contribution in [0.15, 0.2) is 47.4 Å². The topological polar surface area (TPSA) is 64.3 Å². The number of carbonyl (C=O) groups excluding carboxylic acids is 1. The van der Waals surface area contributed by atoms with Gasteiger partial charge in [0, 0.05) is 10.6 Å². The minimum Gasteiger partial charge on any atom is -0.495 e. The first kappa shape index (κ1) is 15.2. The van der Waals surface area contributed by atoms with Crippen LogP contribution in [-0.2, 0) is 4.79 Å². The maximum Gasteiger partial charge on any atom is 0.234 e. The quantitative estimate of drug-likeness (QED) is 0.658. The number of halogens is 1. The molecule has 21 heavy (non-hydrogen) atoms. The molecule has 0 heterocycles. The van der Waals surface area contributed by atoms with Crippen LogP contribution in [0.1, 0.15) is 0 Å². The van der Waals surface area contributed by atoms with E-state index in [1.165, 1.54) is 13.2 Å². The van der Waals surface area contributed by atoms with Gasteiger partial charge in [0.2, 0.25) is 5.91 Å². The fourth-order valence-electron chi connectivity index (χ4n) is 1.71. The second-order valence-corrected chi connectivity index (χ2v) is 5.24. The smallest absolute Gasteiger partial charge is 0.234 e. The van der Waals surface area contributed by atoms with E-state index in [4.69, 9.17) is 10.5 Å². The Kier molecular flexibility index (Phi) is 5.05. The van der Waals surface area contributed by atoms with Crippen LogP contribution >= 0.6 is 11.8 Å². The summed E-state index contributed by atoms with van der Waals surface area (Å²) in [6, 6.07) is 11.3. The molecule has 0 unspecified atom stereocenters. The second-order valence-electron chi connectivity index (χ2n) is 4.23. The predicted molar refractivity (Wildman–Crippen MR) is 83.2 cm³/mol. The van der Waals surface area contributed by atoms with E-state index in [9.17, 15) is 9.18 Å². The van der Waals surface area contributed by atoms with Gasteiger partial charge in [0.15, 0.2) is 0 Å². The van der Waals surface area contributed by atoms with Crippen molar-refractivity contribution in [2.75, 3.05) is 23.9 Å². The number of nitrogen functional groups attached to an aromatic ring is 1. The molecule has 6 heteroatoms. The van der Waals surface area contributed by atoms with E-state index in [0.29, 0.717) is 22.0 Å². The van der Waals surface area contributed by atoms with Crippen molar-refractivity contribution in [3.05, 3.63) is 48.3 Å². The SMILES string of the molecule is COc1ccc(N)cc1NC(=O)CSc1ccccc1F. The zero-order valence-electron chi connectivity index (χ0n) is 11.4. The van der Waals surface area contributed by atoms with Crippen molar-refractivity contribution in [3.8, 4) is 5.75 Å². The van der Waals surface area contributed by atoms with Crippen LogP contribution < -0.4 is 15.8 Å². The van der Waals surface area contributed by atoms with Crippen LogP contribution in [0.3, 0.4) is 0 Å². The highest BCUT2D eigenvalue weighted by molar-refractivity contribution is 8.00. The molecule has 0 atom stereocenters. The van der Waals surface area contributed by atoms with Crippen molar-refractivity contribution in [3.63, 3.8) is 0 Å². The molecule has 2 aromatic carbocycles. The van der Waals surface area contributed by atoms with Crippen LogP contribution in [0.4, 0.5) is 15.8 Å². The zero-order chi connectivity index (χ0) is 15.2. The summed E-state index contributed by atoms with van der Waals surface area (Å²) in [7, 11) is 1.51. The highest BCUT2D eigenvalue weighted by Gasteiger charge is 2.10. The molecular weight excluding hydrogens is 291 g/mol. The Morgan fingerprint density at radius 1 is 1.33 bits per heavy atom. The average Bonchev–Trinajstić information content (AvgIpc) is 2.47. The summed E-state index contributed by atoms with van der Waals surface area (Å²) < 4.78 is 18.6. The van der Waals surface area contributed by atoms with E-state index in [2.05, 4.69) is 5.32 Å². The van der Waals surface area contributed by atoms with Gasteiger partial charge in [-0.2, -0.15) is 0 Å². The lowest BCUT2D eigenvalue weighted by molar-refractivity contribution is -0.113. The minimum atomic E-state index is -0.336. The van der Waals surface area contributed by atoms with Gasteiger partial charge in [-0.15, -0.1) is 11.8 Å². The van der Waals surface area contributed by atoms with Gasteiger partial charge in [-0.3, -0.25) is 4.79 Å². The molecule has 2 rings (SSSR count). The summed E-state index contributed by atoms with van der Waals surface area (Å²) in [6.07, 6.45) is 0. The molecule has 1 amide bonds. The molecule has 3 N–H and O–H groups in total. The van der Waals surface area contributed by atoms with Crippen molar-refractivity contribution in [1.82, 2.24) is 0 Å². The first-order chi connectivity index (χ1) is 10.1. The molecule has 0 radical (unpaired) electrons. The third-order valence-corrected chi connectivity index (χ3v) is 3.74. The second kappa shape index (κ2) is 6.99. The monoisotopic (exact) mass is 306 g/mol. The normalized spacial score (nSPS) is 10.2. The summed E-state index contributed by atoms with van der Waals surface area (Å²) in [5.41, 5.74) is 6.70. The Hall–Kier alpha value is -2.21. The van der Waals surface area contributed by atoms with Crippen molar-refractivity contribution in [2.45, 2.75) is 4.90 Å². The summed E-state index contributed by atoms with van der Waals surface area (Å²) in [5, 5.41) is 2.70. The lowest BCUT2D eigenvalue weighted by Gasteiger charge is -2.11. The highest BCUT2D eigenvalue weighted by atomic mass is 32.2. The number of hydrogen-bond acceptors (Lipinski definition) is 4. The molecule has 110 valence electrons. The van der Waals surface area contributed by atoms with Crippen LogP contribution in [0.5, 0.6) is 5.75 Å². The number of amides is 1. The molecule has 0 aliphatic carbocycles. The Labute approximate surface area is 126 Å². The van der Waals surface area contributed by atoms with E-state index in [-0.39, 0.29) is 17.5 Å². The molecule has 0 aromatic heterocycles. The van der Waals surface area contributed by atoms with Crippen LogP contribution in [0.25, 0.3) is 0 Å². The summed E-state index contributed by atoms with van der Waals surface area (Å²) in [5.74, 6) is 0.0243. The third kappa shape index (κ3) is 4.13. The third-order valence-electron chi connectivity index (χ3n) is 2.69. The van der Waals surface area contributed by atoms with E-state index >= 15 is 0 Å². The standard InChI is InChI=1S/C15H15FN2O2S/c1-20-13-7-6-10(17)8-12(13)18-15(19)9-21-14-5-3-2-4-11(14)16/h2-8H,9,17H2,1H3,(H,18,19). The number of carbonyl (C=O) groups is 1. The van der Waals surface area contributed by atoms with Crippen molar-refractivity contribution in [1.29, 1.82) is 0 Å². The van der Waals surface area contributed by atoms with Crippen molar-refractivity contribution >= 4 is 29.0 Å². The Bertz CT molecular complexity index is 649. The fraction of sp³-hybridized carbons (Fsp3) is 0.133. The number of thioether (sulfide) groups is 1. The first-order valence-corrected chi connectivity index (χ1v) is 7.19. The minimum absolute atomic E-state index is 0.0961. The number of hydrogen-bond donors (Lipinski definition) is 2. The van der Waals surface area contributed by atoms with Gasteiger partial charge < -0.3 is 15.8 Å². The Morgan fingerprint density at radius 3 is 2.81 bits per heavy atom. The molecule has 0 fully saturated rings. The van der Waals surface area contributed by atoms with E-state index in [0.717, 1.165) is 11.8 Å². The number of ether oxygens (including phenoxy) is 1. The number of methoxy groups -OCH3 is 1. The Morgan fingerprint density at radius 2 is 2.10 bits per heavy atom. The zero-order valence-corrected chi connectivity index (χ0v) is 12.2. The number of nitrogens with one attached hydrogen (secondary N) is 1. The van der Waals surface area contributed by atoms with E-state index < -0.39 is 0 Å². The fourth-order valence-corrected chi connectivity index (χ4v) is 2.45. The lowest BCUT2D eigenvalue weighted by Crippen LogP contribution is -2.15. The molecule has 0 saturated carbocycles. The summed E-state index contributed by atoms with van der Waals surface area (Å²) >= 11 is 1.13. The van der Waals surface area contributed by atoms with E-state index in [1.807, 2.05) is 0 Å². The molecule has 2 aromatic rings. The summed E-state index contributed by atoms with van der Waals surface area (Å²) in [6.45, 7) is 0. The highest BCUT2D eigenvalue weighted by Crippen LogP contribution is 2.27. The van der Waals surface area contributed by atoms with Crippen LogP contribution in [0, 0.1) is 5.82 Å². The van der Waals surface area contributed by atoms with Gasteiger partial charge >= 0.3 is 0 Å². The van der Waals surface area contributed by atoms with Crippen LogP contribution in [0.2, 0.25) is 0 Å². The summed E-state index contributed by atoms with van der Waals surface area (Å²) in [4.78, 5) is 12.4. The first-order valence-electron chi connectivity index (χ1n) is 6.21. The molecule has 0 spiro atoms. The van der Waals surface area contributed by atoms with Gasteiger partial charge in [0.05, 0.1) is 18.6 Å². The number of anilines is 2. The Balaban J connectivity index is 1.99. The van der Waals surface area contributed by atoms with Gasteiger partial charge in [-0.05, 0) is 30.3 Å². The van der Waals surface area contributed by atoms with Gasteiger partial charge in [0.25, 0.3) is 0 Å². The lowest BCUT2D eigenvalue weighted by atomic mass is 10.2. The van der Waals surface area contributed by atoms with Crippen molar-refractivity contribution in [2.24, 2.45) is 0 Å². The number of benzene rings is 2. The maximum atomic E-state index is 13.4. The van der Waals surface area contributed by atoms with Crippen molar-refractivity contribution < 1.29 is 13.9 Å². The van der Waals surface area contributed by atoms with E-state index in [1.54, 1.807) is 36.4 Å². The number of rotatable bonds is 5. The predicted octanol–water partition coefficient (Wildman–Crippen LogP) is 3.15. The van der Waals surface area contributed by atoms with Crippen LogP contribution in [-0.4, -0.2) is 18.8 Å². The van der Waals surface area contributed by atoms with Gasteiger partial charge in [0.1, 0.15) is 11.6 Å². The molecule has 0 bridgehead atoms. The largest absolute Gasteiger partial charge is 0.495 e. The molecular formula is C15H15FN2O2S. The molecule has 0 aliphatic heterocycles. The maximum absolute atomic E-state index is 13.4. The average molecular weight is 306 g/mol. The molecule has 0 aliphatic rings. The van der Waals surface area contributed by atoms with Gasteiger partial charge in [-0.25, -0.2) is 4.39 Å². The number of nitrogens with two attached hydrogens (primary N) is 1. The molecule has 4 nitrogen and oxygen atoms in total. The molecule has 0 saturated heterocycles. The van der Waals surface area contributed by atoms with Gasteiger partial charge in [-0.1, -0.05) is 12.1 Å².